The van der Waals surface area contributed by atoms with E-state index in [0.717, 1.165) is 28.4 Å². The van der Waals surface area contributed by atoms with E-state index in [0.29, 0.717) is 6.42 Å². The van der Waals surface area contributed by atoms with Crippen molar-refractivity contribution in [1.82, 2.24) is 9.97 Å². The summed E-state index contributed by atoms with van der Waals surface area (Å²) in [6.45, 7) is 0. The molecule has 4 nitrogen and oxygen atoms in total. The van der Waals surface area contributed by atoms with E-state index < -0.39 is 23.4 Å². The van der Waals surface area contributed by atoms with Gasteiger partial charge in [-0.25, -0.2) is 18.2 Å². The molecular formula is C17H12F3N3OS. The van der Waals surface area contributed by atoms with Crippen LogP contribution in [0.15, 0.2) is 42.0 Å². The monoisotopic (exact) mass is 363 g/mol. The predicted octanol–water partition coefficient (Wildman–Crippen LogP) is 4.19. The largest absolute Gasteiger partial charge is 0.323 e. The van der Waals surface area contributed by atoms with E-state index in [1.807, 2.05) is 17.5 Å². The number of hydrogen-bond donors (Lipinski definition) is 1. The number of thiazole rings is 1. The molecule has 25 heavy (non-hydrogen) atoms. The molecule has 0 spiro atoms. The van der Waals surface area contributed by atoms with Gasteiger partial charge in [0, 0.05) is 36.2 Å². The normalized spacial score (nSPS) is 10.7. The van der Waals surface area contributed by atoms with Crippen molar-refractivity contribution in [1.29, 1.82) is 0 Å². The van der Waals surface area contributed by atoms with Crippen LogP contribution in [0.3, 0.4) is 0 Å². The fourth-order valence-corrected chi connectivity index (χ4v) is 2.94. The van der Waals surface area contributed by atoms with E-state index in [4.69, 9.17) is 0 Å². The highest BCUT2D eigenvalue weighted by Crippen LogP contribution is 2.23. The summed E-state index contributed by atoms with van der Waals surface area (Å²) in [5.41, 5.74) is 1.32. The summed E-state index contributed by atoms with van der Waals surface area (Å²) in [4.78, 5) is 20.3. The van der Waals surface area contributed by atoms with E-state index in [1.165, 1.54) is 11.3 Å². The third-order valence-corrected chi connectivity index (χ3v) is 4.31. The van der Waals surface area contributed by atoms with Crippen molar-refractivity contribution in [2.75, 3.05) is 5.32 Å². The van der Waals surface area contributed by atoms with Gasteiger partial charge in [0.1, 0.15) is 0 Å². The summed E-state index contributed by atoms with van der Waals surface area (Å²) in [5.74, 6) is -4.84. The van der Waals surface area contributed by atoms with E-state index in [2.05, 4.69) is 15.3 Å². The van der Waals surface area contributed by atoms with Gasteiger partial charge < -0.3 is 5.32 Å². The fraction of sp³-hybridized carbons (Fsp3) is 0.118. The van der Waals surface area contributed by atoms with Gasteiger partial charge in [-0.2, -0.15) is 0 Å². The molecule has 0 bridgehead atoms. The quantitative estimate of drug-likeness (QED) is 0.692. The topological polar surface area (TPSA) is 54.9 Å². The summed E-state index contributed by atoms with van der Waals surface area (Å²) in [6.07, 6.45) is 3.73. The Labute approximate surface area is 145 Å². The lowest BCUT2D eigenvalue weighted by Crippen LogP contribution is -2.14. The second-order valence-corrected chi connectivity index (χ2v) is 6.08. The van der Waals surface area contributed by atoms with Crippen LogP contribution in [0.2, 0.25) is 0 Å². The first-order chi connectivity index (χ1) is 12.0. The Morgan fingerprint density at radius 3 is 2.60 bits per heavy atom. The smallest absolute Gasteiger partial charge is 0.224 e. The molecule has 2 aromatic heterocycles. The molecule has 0 atom stereocenters. The zero-order chi connectivity index (χ0) is 17.8. The van der Waals surface area contributed by atoms with Crippen LogP contribution < -0.4 is 5.32 Å². The predicted molar refractivity (Wildman–Crippen MR) is 88.6 cm³/mol. The van der Waals surface area contributed by atoms with Crippen LogP contribution in [0.25, 0.3) is 11.3 Å². The second kappa shape index (κ2) is 7.43. The molecule has 1 amide bonds. The molecule has 3 aromatic rings. The van der Waals surface area contributed by atoms with Crippen LogP contribution in [0.1, 0.15) is 11.4 Å². The number of hydrogen-bond acceptors (Lipinski definition) is 4. The number of rotatable bonds is 5. The van der Waals surface area contributed by atoms with Gasteiger partial charge in [-0.1, -0.05) is 0 Å². The van der Waals surface area contributed by atoms with Crippen molar-refractivity contribution >= 4 is 22.9 Å². The van der Waals surface area contributed by atoms with Crippen LogP contribution in [0.5, 0.6) is 0 Å². The Hall–Kier alpha value is -2.74. The van der Waals surface area contributed by atoms with Crippen molar-refractivity contribution in [2.45, 2.75) is 12.8 Å². The van der Waals surface area contributed by atoms with Gasteiger partial charge in [0.2, 0.25) is 5.91 Å². The highest BCUT2D eigenvalue weighted by atomic mass is 32.1. The van der Waals surface area contributed by atoms with Crippen LogP contribution in [-0.4, -0.2) is 15.9 Å². The zero-order valence-electron chi connectivity index (χ0n) is 12.8. The minimum absolute atomic E-state index is 0.0434. The number of aromatic nitrogens is 2. The van der Waals surface area contributed by atoms with Crippen molar-refractivity contribution in [3.8, 4) is 11.3 Å². The average Bonchev–Trinajstić information content (AvgIpc) is 3.10. The molecule has 0 aliphatic rings. The van der Waals surface area contributed by atoms with Gasteiger partial charge in [0.15, 0.2) is 17.5 Å². The third-order valence-electron chi connectivity index (χ3n) is 3.40. The Kier molecular flexibility index (Phi) is 5.08. The van der Waals surface area contributed by atoms with Crippen LogP contribution in [0, 0.1) is 17.5 Å². The standard InChI is InChI=1S/C17H12F3N3OS/c18-11-1-2-12(17(20)16(11)19)22-14(24)3-4-15-23-13(9-25-15)10-5-7-21-8-6-10/h1-2,5-9H,3-4H2,(H,22,24). The van der Waals surface area contributed by atoms with Crippen molar-refractivity contribution in [2.24, 2.45) is 0 Å². The third kappa shape index (κ3) is 4.03. The summed E-state index contributed by atoms with van der Waals surface area (Å²) in [7, 11) is 0. The van der Waals surface area contributed by atoms with Crippen LogP contribution in [0.4, 0.5) is 18.9 Å². The Morgan fingerprint density at radius 2 is 1.84 bits per heavy atom. The molecule has 2 heterocycles. The minimum atomic E-state index is -1.61. The molecule has 0 aliphatic carbocycles. The van der Waals surface area contributed by atoms with Gasteiger partial charge in [0.25, 0.3) is 0 Å². The number of anilines is 1. The molecule has 1 N–H and O–H groups in total. The van der Waals surface area contributed by atoms with Crippen molar-refractivity contribution in [3.05, 3.63) is 64.5 Å². The average molecular weight is 363 g/mol. The molecule has 0 fully saturated rings. The molecule has 0 saturated carbocycles. The van der Waals surface area contributed by atoms with Gasteiger partial charge in [-0.15, -0.1) is 11.3 Å². The number of nitrogens with one attached hydrogen (secondary N) is 1. The van der Waals surface area contributed by atoms with Gasteiger partial charge in [-0.3, -0.25) is 9.78 Å². The summed E-state index contributed by atoms with van der Waals surface area (Å²) < 4.78 is 39.5. The molecule has 128 valence electrons. The van der Waals surface area contributed by atoms with Gasteiger partial charge in [0.05, 0.1) is 16.4 Å². The second-order valence-electron chi connectivity index (χ2n) is 5.13. The first-order valence-corrected chi connectivity index (χ1v) is 8.20. The maximum absolute atomic E-state index is 13.5. The molecule has 0 unspecified atom stereocenters. The number of benzene rings is 1. The fourth-order valence-electron chi connectivity index (χ4n) is 2.14. The van der Waals surface area contributed by atoms with Gasteiger partial charge >= 0.3 is 0 Å². The summed E-state index contributed by atoms with van der Waals surface area (Å²) in [6, 6.07) is 5.40. The van der Waals surface area contributed by atoms with Crippen molar-refractivity contribution in [3.63, 3.8) is 0 Å². The first kappa shape index (κ1) is 17.1. The highest BCUT2D eigenvalue weighted by molar-refractivity contribution is 7.09. The number of halogens is 3. The summed E-state index contributed by atoms with van der Waals surface area (Å²) in [5, 5.41) is 4.85. The lowest BCUT2D eigenvalue weighted by Gasteiger charge is -2.06. The van der Waals surface area contributed by atoms with E-state index in [-0.39, 0.29) is 12.1 Å². The first-order valence-electron chi connectivity index (χ1n) is 7.32. The molecule has 0 aliphatic heterocycles. The number of amides is 1. The Morgan fingerprint density at radius 1 is 1.08 bits per heavy atom. The highest BCUT2D eigenvalue weighted by Gasteiger charge is 2.15. The lowest BCUT2D eigenvalue weighted by molar-refractivity contribution is -0.116. The molecular weight excluding hydrogens is 351 g/mol. The molecule has 1 aromatic carbocycles. The SMILES string of the molecule is O=C(CCc1nc(-c2ccncc2)cs1)Nc1ccc(F)c(F)c1F. The van der Waals surface area contributed by atoms with Gasteiger partial charge in [-0.05, 0) is 24.3 Å². The zero-order valence-corrected chi connectivity index (χ0v) is 13.6. The number of nitrogens with zero attached hydrogens (tertiary/aromatic N) is 2. The molecule has 0 saturated heterocycles. The molecule has 0 radical (unpaired) electrons. The van der Waals surface area contributed by atoms with Crippen LogP contribution in [-0.2, 0) is 11.2 Å². The number of carbonyl (C=O) groups is 1. The molecule has 8 heteroatoms. The minimum Gasteiger partial charge on any atom is -0.323 e. The maximum Gasteiger partial charge on any atom is 0.224 e. The van der Waals surface area contributed by atoms with E-state index >= 15 is 0 Å². The lowest BCUT2D eigenvalue weighted by atomic mass is 10.2. The van der Waals surface area contributed by atoms with E-state index in [9.17, 15) is 18.0 Å². The van der Waals surface area contributed by atoms with E-state index in [1.54, 1.807) is 12.4 Å². The Bertz CT molecular complexity index is 899. The van der Waals surface area contributed by atoms with Crippen LogP contribution >= 0.6 is 11.3 Å². The Balaban J connectivity index is 1.60. The molecule has 3 rings (SSSR count). The number of pyridine rings is 1. The number of aryl methyl sites for hydroxylation is 1. The van der Waals surface area contributed by atoms with Crippen molar-refractivity contribution < 1.29 is 18.0 Å². The maximum atomic E-state index is 13.5. The summed E-state index contributed by atoms with van der Waals surface area (Å²) >= 11 is 1.41. The number of carbonyl (C=O) groups excluding carboxylic acids is 1.